The first-order chi connectivity index (χ1) is 10.7. The van der Waals surface area contributed by atoms with E-state index in [9.17, 15) is 4.79 Å². The molecule has 4 nitrogen and oxygen atoms in total. The van der Waals surface area contributed by atoms with Gasteiger partial charge in [0, 0.05) is 10.3 Å². The van der Waals surface area contributed by atoms with Gasteiger partial charge >= 0.3 is 5.97 Å². The third-order valence-electron chi connectivity index (χ3n) is 3.11. The molecular weight excluding hydrogens is 316 g/mol. The van der Waals surface area contributed by atoms with Gasteiger partial charge in [0.1, 0.15) is 21.1 Å². The molecule has 22 heavy (non-hydrogen) atoms. The summed E-state index contributed by atoms with van der Waals surface area (Å²) in [5, 5.41) is 1.80. The molecule has 3 rings (SSSR count). The van der Waals surface area contributed by atoms with Crippen molar-refractivity contribution in [2.75, 3.05) is 6.61 Å². The van der Waals surface area contributed by atoms with E-state index >= 15 is 0 Å². The molecule has 0 amide bonds. The molecular formula is C16H14N2O2S2. The zero-order valence-electron chi connectivity index (χ0n) is 12.2. The summed E-state index contributed by atoms with van der Waals surface area (Å²) in [5.41, 5.74) is 0.887. The number of hydrogen-bond donors (Lipinski definition) is 0. The molecule has 2 heterocycles. The maximum atomic E-state index is 12.0. The Labute approximate surface area is 136 Å². The Morgan fingerprint density at radius 2 is 2.05 bits per heavy atom. The molecule has 0 unspecified atom stereocenters. The smallest absolute Gasteiger partial charge is 0.348 e. The molecule has 0 fully saturated rings. The summed E-state index contributed by atoms with van der Waals surface area (Å²) >= 11 is 2.93. The van der Waals surface area contributed by atoms with Gasteiger partial charge in [-0.25, -0.2) is 14.8 Å². The van der Waals surface area contributed by atoms with Crippen molar-refractivity contribution in [1.82, 2.24) is 9.97 Å². The molecule has 0 aliphatic rings. The SMILES string of the molecule is CCOC(=O)c1sc2ncnc(Sc3ccccc3)c2c1C. The highest BCUT2D eigenvalue weighted by Crippen LogP contribution is 2.37. The van der Waals surface area contributed by atoms with Crippen molar-refractivity contribution in [2.24, 2.45) is 0 Å². The lowest BCUT2D eigenvalue weighted by atomic mass is 10.2. The fraction of sp³-hybridized carbons (Fsp3) is 0.188. The van der Waals surface area contributed by atoms with Crippen molar-refractivity contribution in [2.45, 2.75) is 23.8 Å². The summed E-state index contributed by atoms with van der Waals surface area (Å²) in [4.78, 5) is 23.2. The van der Waals surface area contributed by atoms with E-state index in [0.717, 1.165) is 25.7 Å². The maximum absolute atomic E-state index is 12.0. The minimum absolute atomic E-state index is 0.293. The highest BCUT2D eigenvalue weighted by atomic mass is 32.2. The fourth-order valence-electron chi connectivity index (χ4n) is 2.11. The van der Waals surface area contributed by atoms with E-state index in [1.165, 1.54) is 11.3 Å². The van der Waals surface area contributed by atoms with Gasteiger partial charge in [-0.05, 0) is 31.5 Å². The highest BCUT2D eigenvalue weighted by Gasteiger charge is 2.20. The van der Waals surface area contributed by atoms with Crippen LogP contribution in [0.4, 0.5) is 0 Å². The molecule has 0 atom stereocenters. The van der Waals surface area contributed by atoms with Crippen LogP contribution in [0.25, 0.3) is 10.2 Å². The van der Waals surface area contributed by atoms with Gasteiger partial charge in [-0.15, -0.1) is 11.3 Å². The van der Waals surface area contributed by atoms with E-state index in [1.54, 1.807) is 25.0 Å². The molecule has 0 saturated carbocycles. The van der Waals surface area contributed by atoms with Crippen molar-refractivity contribution < 1.29 is 9.53 Å². The zero-order valence-corrected chi connectivity index (χ0v) is 13.8. The number of rotatable bonds is 4. The first kappa shape index (κ1) is 15.0. The van der Waals surface area contributed by atoms with Crippen LogP contribution in [0.2, 0.25) is 0 Å². The second-order valence-corrected chi connectivity index (χ2v) is 6.61. The first-order valence-corrected chi connectivity index (χ1v) is 8.48. The number of benzene rings is 1. The second-order valence-electron chi connectivity index (χ2n) is 4.55. The Balaban J connectivity index is 2.06. The summed E-state index contributed by atoms with van der Waals surface area (Å²) in [5.74, 6) is -0.293. The van der Waals surface area contributed by atoms with Gasteiger partial charge in [0.2, 0.25) is 0 Å². The summed E-state index contributed by atoms with van der Waals surface area (Å²) in [7, 11) is 0. The Morgan fingerprint density at radius 1 is 1.27 bits per heavy atom. The van der Waals surface area contributed by atoms with E-state index in [1.807, 2.05) is 37.3 Å². The lowest BCUT2D eigenvalue weighted by Gasteiger charge is -2.03. The highest BCUT2D eigenvalue weighted by molar-refractivity contribution is 7.99. The molecule has 2 aromatic heterocycles. The normalized spacial score (nSPS) is 10.8. The van der Waals surface area contributed by atoms with Crippen LogP contribution in [-0.4, -0.2) is 22.5 Å². The van der Waals surface area contributed by atoms with Crippen LogP contribution < -0.4 is 0 Å². The number of aryl methyl sites for hydroxylation is 1. The molecule has 112 valence electrons. The number of hydrogen-bond acceptors (Lipinski definition) is 6. The largest absolute Gasteiger partial charge is 0.462 e. The van der Waals surface area contributed by atoms with Gasteiger partial charge in [0.25, 0.3) is 0 Å². The van der Waals surface area contributed by atoms with E-state index in [4.69, 9.17) is 4.74 Å². The van der Waals surface area contributed by atoms with Crippen LogP contribution in [0.1, 0.15) is 22.2 Å². The standard InChI is InChI=1S/C16H14N2O2S2/c1-3-20-16(19)13-10(2)12-14(17-9-18-15(12)22-13)21-11-7-5-4-6-8-11/h4-9H,3H2,1-2H3. The van der Waals surface area contributed by atoms with Gasteiger partial charge in [-0.2, -0.15) is 0 Å². The zero-order chi connectivity index (χ0) is 15.5. The minimum Gasteiger partial charge on any atom is -0.462 e. The molecule has 0 spiro atoms. The van der Waals surface area contributed by atoms with Gasteiger partial charge in [-0.3, -0.25) is 0 Å². The topological polar surface area (TPSA) is 52.1 Å². The summed E-state index contributed by atoms with van der Waals surface area (Å²) in [6.07, 6.45) is 1.54. The number of aromatic nitrogens is 2. The number of fused-ring (bicyclic) bond motifs is 1. The molecule has 6 heteroatoms. The predicted octanol–water partition coefficient (Wildman–Crippen LogP) is 4.33. The molecule has 0 aliphatic carbocycles. The molecule has 0 saturated heterocycles. The van der Waals surface area contributed by atoms with Crippen LogP contribution in [0, 0.1) is 6.92 Å². The van der Waals surface area contributed by atoms with Gasteiger partial charge in [-0.1, -0.05) is 30.0 Å². The van der Waals surface area contributed by atoms with Gasteiger partial charge < -0.3 is 4.74 Å². The molecule has 0 N–H and O–H groups in total. The lowest BCUT2D eigenvalue weighted by molar-refractivity contribution is 0.0531. The summed E-state index contributed by atoms with van der Waals surface area (Å²) < 4.78 is 5.11. The van der Waals surface area contributed by atoms with Gasteiger partial charge in [0.05, 0.1) is 6.61 Å². The van der Waals surface area contributed by atoms with E-state index < -0.39 is 0 Å². The molecule has 1 aromatic carbocycles. The van der Waals surface area contributed by atoms with Crippen molar-refractivity contribution in [1.29, 1.82) is 0 Å². The molecule has 0 bridgehead atoms. The Kier molecular flexibility index (Phi) is 4.40. The summed E-state index contributed by atoms with van der Waals surface area (Å²) in [6.45, 7) is 4.09. The second kappa shape index (κ2) is 6.46. The van der Waals surface area contributed by atoms with E-state index in [-0.39, 0.29) is 5.97 Å². The lowest BCUT2D eigenvalue weighted by Crippen LogP contribution is -2.03. The van der Waals surface area contributed by atoms with Crippen molar-refractivity contribution >= 4 is 39.3 Å². The fourth-order valence-corrected chi connectivity index (χ4v) is 4.18. The number of carbonyl (C=O) groups is 1. The number of carbonyl (C=O) groups excluding carboxylic acids is 1. The average Bonchev–Trinajstić information content (AvgIpc) is 2.87. The maximum Gasteiger partial charge on any atom is 0.348 e. The Morgan fingerprint density at radius 3 is 2.77 bits per heavy atom. The number of esters is 1. The van der Waals surface area contributed by atoms with Crippen molar-refractivity contribution in [3.63, 3.8) is 0 Å². The minimum atomic E-state index is -0.293. The Hall–Kier alpha value is -1.92. The van der Waals surface area contributed by atoms with Crippen LogP contribution >= 0.6 is 23.1 Å². The third-order valence-corrected chi connectivity index (χ3v) is 5.30. The van der Waals surface area contributed by atoms with Crippen LogP contribution in [-0.2, 0) is 4.74 Å². The third kappa shape index (κ3) is 2.84. The summed E-state index contributed by atoms with van der Waals surface area (Å²) in [6, 6.07) is 10.0. The van der Waals surface area contributed by atoms with Crippen LogP contribution in [0.3, 0.4) is 0 Å². The van der Waals surface area contributed by atoms with Crippen LogP contribution in [0.15, 0.2) is 46.6 Å². The number of nitrogens with zero attached hydrogens (tertiary/aromatic N) is 2. The number of thiophene rings is 1. The van der Waals surface area contributed by atoms with Crippen molar-refractivity contribution in [3.8, 4) is 0 Å². The molecule has 0 radical (unpaired) electrons. The van der Waals surface area contributed by atoms with Crippen LogP contribution in [0.5, 0.6) is 0 Å². The van der Waals surface area contributed by atoms with Crippen molar-refractivity contribution in [3.05, 3.63) is 47.1 Å². The van der Waals surface area contributed by atoms with E-state index in [2.05, 4.69) is 9.97 Å². The average molecular weight is 330 g/mol. The van der Waals surface area contributed by atoms with E-state index in [0.29, 0.717) is 11.5 Å². The monoisotopic (exact) mass is 330 g/mol. The Bertz CT molecular complexity index is 816. The molecule has 3 aromatic rings. The predicted molar refractivity (Wildman–Crippen MR) is 88.7 cm³/mol. The first-order valence-electron chi connectivity index (χ1n) is 6.84. The van der Waals surface area contributed by atoms with Gasteiger partial charge in [0.15, 0.2) is 0 Å². The number of ether oxygens (including phenoxy) is 1. The molecule has 0 aliphatic heterocycles. The quantitative estimate of drug-likeness (QED) is 0.526.